The number of benzene rings is 5. The molecule has 0 amide bonds. The second kappa shape index (κ2) is 9.93. The van der Waals surface area contributed by atoms with Crippen molar-refractivity contribution in [3.8, 4) is 39.9 Å². The normalized spacial score (nSPS) is 16.4. The fraction of sp³-hybridized carbons (Fsp3) is 0.0732. The van der Waals surface area contributed by atoms with Crippen LogP contribution in [-0.4, -0.2) is 19.5 Å². The average molecular weight is 607 g/mol. The molecule has 2 aliphatic rings. The lowest BCUT2D eigenvalue weighted by molar-refractivity contribution is 0.501. The fourth-order valence-corrected chi connectivity index (χ4v) is 7.29. The van der Waals surface area contributed by atoms with Crippen LogP contribution in [0.25, 0.3) is 78.5 Å². The number of nitrogens with zero attached hydrogens (tertiary/aromatic N) is 4. The van der Waals surface area contributed by atoms with E-state index in [0.29, 0.717) is 40.5 Å². The zero-order valence-corrected chi connectivity index (χ0v) is 25.2. The second-order valence-corrected chi connectivity index (χ2v) is 12.4. The third-order valence-corrected chi connectivity index (χ3v) is 9.56. The van der Waals surface area contributed by atoms with Gasteiger partial charge in [-0.1, -0.05) is 103 Å². The molecule has 1 fully saturated rings. The largest absolute Gasteiger partial charge is 0.423 e. The Kier molecular flexibility index (Phi) is 5.52. The lowest BCUT2D eigenvalue weighted by Crippen LogP contribution is -2.07. The van der Waals surface area contributed by atoms with Crippen LogP contribution in [-0.2, 0) is 0 Å². The van der Waals surface area contributed by atoms with Gasteiger partial charge in [0, 0.05) is 44.1 Å². The molecule has 5 aromatic carbocycles. The highest BCUT2D eigenvalue weighted by Crippen LogP contribution is 2.55. The molecule has 0 saturated heterocycles. The third kappa shape index (κ3) is 4.04. The van der Waals surface area contributed by atoms with Crippen molar-refractivity contribution in [1.82, 2.24) is 19.5 Å². The van der Waals surface area contributed by atoms with E-state index in [-0.39, 0.29) is 5.63 Å². The molecule has 0 radical (unpaired) electrons. The van der Waals surface area contributed by atoms with Crippen LogP contribution in [0.15, 0.2) is 137 Å². The number of rotatable bonds is 4. The molecule has 1 saturated carbocycles. The fourth-order valence-electron chi connectivity index (χ4n) is 7.29. The first-order chi connectivity index (χ1) is 23.2. The Morgan fingerprint density at radius 2 is 1.28 bits per heavy atom. The van der Waals surface area contributed by atoms with Gasteiger partial charge in [-0.3, -0.25) is 0 Å². The summed E-state index contributed by atoms with van der Waals surface area (Å²) < 4.78 is 8.17. The summed E-state index contributed by atoms with van der Waals surface area (Å²) in [6, 6.07) is 40.8. The Labute approximate surface area is 269 Å². The van der Waals surface area contributed by atoms with Crippen LogP contribution in [0, 0.1) is 5.92 Å². The molecule has 6 nitrogen and oxygen atoms in total. The minimum absolute atomic E-state index is 0.304. The van der Waals surface area contributed by atoms with Crippen LogP contribution in [0.3, 0.4) is 0 Å². The van der Waals surface area contributed by atoms with Crippen molar-refractivity contribution in [2.75, 3.05) is 0 Å². The van der Waals surface area contributed by atoms with Crippen LogP contribution in [0.4, 0.5) is 0 Å². The van der Waals surface area contributed by atoms with Crippen molar-refractivity contribution in [3.05, 3.63) is 149 Å². The van der Waals surface area contributed by atoms with E-state index in [1.54, 1.807) is 0 Å². The minimum atomic E-state index is -0.304. The number of para-hydroxylation sites is 1. The Balaban J connectivity index is 1.25. The van der Waals surface area contributed by atoms with Gasteiger partial charge in [0.1, 0.15) is 5.76 Å². The topological polar surface area (TPSA) is 73.8 Å². The van der Waals surface area contributed by atoms with E-state index in [1.165, 1.54) is 0 Å². The monoisotopic (exact) mass is 606 g/mol. The van der Waals surface area contributed by atoms with E-state index in [0.717, 1.165) is 61.6 Å². The molecule has 6 heteroatoms. The smallest absolute Gasteiger partial charge is 0.344 e. The van der Waals surface area contributed by atoms with Gasteiger partial charge in [0.2, 0.25) is 0 Å². The summed E-state index contributed by atoms with van der Waals surface area (Å²) in [6.07, 6.45) is 5.25. The lowest BCUT2D eigenvalue weighted by Gasteiger charge is -2.16. The Morgan fingerprint density at radius 3 is 2.02 bits per heavy atom. The molecule has 0 bridgehead atoms. The molecular weight excluding hydrogens is 580 g/mol. The lowest BCUT2D eigenvalue weighted by atomic mass is 9.95. The Morgan fingerprint density at radius 1 is 0.638 bits per heavy atom. The van der Waals surface area contributed by atoms with E-state index < -0.39 is 0 Å². The summed E-state index contributed by atoms with van der Waals surface area (Å²) in [5.74, 6) is 3.38. The number of fused-ring (bicyclic) bond motifs is 9. The van der Waals surface area contributed by atoms with Crippen molar-refractivity contribution >= 4 is 38.7 Å². The molecule has 2 unspecified atom stereocenters. The van der Waals surface area contributed by atoms with Gasteiger partial charge in [0.25, 0.3) is 0 Å². The van der Waals surface area contributed by atoms with E-state index in [4.69, 9.17) is 19.4 Å². The summed E-state index contributed by atoms with van der Waals surface area (Å²) >= 11 is 0. The standard InChI is InChI=1S/C41H26N4O2/c46-41-31-20-19-30-29-16-7-8-17-33(29)45(37(30)36(31)35-32-23-26(32)18-21-34(35)47-41)28-15-9-14-27(22-28)40-43-38(24-10-3-1-4-11-24)42-39(44-40)25-12-5-2-6-13-25/h1-22,26,32H,23H2. The molecule has 0 spiro atoms. The highest BCUT2D eigenvalue weighted by Gasteiger charge is 2.42. The maximum absolute atomic E-state index is 13.4. The molecule has 47 heavy (non-hydrogen) atoms. The Hall–Kier alpha value is -6.14. The van der Waals surface area contributed by atoms with E-state index in [9.17, 15) is 4.79 Å². The highest BCUT2D eigenvalue weighted by molar-refractivity contribution is 6.19. The van der Waals surface area contributed by atoms with Gasteiger partial charge in [-0.25, -0.2) is 19.7 Å². The predicted octanol–water partition coefficient (Wildman–Crippen LogP) is 9.21. The van der Waals surface area contributed by atoms with E-state index in [1.807, 2.05) is 84.9 Å². The quantitative estimate of drug-likeness (QED) is 0.200. The third-order valence-electron chi connectivity index (χ3n) is 9.56. The van der Waals surface area contributed by atoms with Gasteiger partial charge in [0.15, 0.2) is 17.5 Å². The molecule has 2 atom stereocenters. The predicted molar refractivity (Wildman–Crippen MR) is 186 cm³/mol. The first-order valence-electron chi connectivity index (χ1n) is 15.9. The first kappa shape index (κ1) is 26.1. The maximum atomic E-state index is 13.4. The van der Waals surface area contributed by atoms with Gasteiger partial charge < -0.3 is 8.98 Å². The summed E-state index contributed by atoms with van der Waals surface area (Å²) in [7, 11) is 0. The molecular formula is C41H26N4O2. The van der Waals surface area contributed by atoms with Crippen molar-refractivity contribution in [1.29, 1.82) is 0 Å². The van der Waals surface area contributed by atoms with E-state index in [2.05, 4.69) is 53.1 Å². The molecule has 10 rings (SSSR count). The number of hydrogen-bond donors (Lipinski definition) is 0. The summed E-state index contributed by atoms with van der Waals surface area (Å²) in [5, 5.41) is 3.85. The minimum Gasteiger partial charge on any atom is -0.423 e. The van der Waals surface area contributed by atoms with Crippen LogP contribution in [0.2, 0.25) is 0 Å². The number of aromatic nitrogens is 4. The zero-order valence-electron chi connectivity index (χ0n) is 25.2. The molecule has 222 valence electrons. The van der Waals surface area contributed by atoms with Gasteiger partial charge in [-0.05, 0) is 48.6 Å². The van der Waals surface area contributed by atoms with Crippen molar-refractivity contribution < 1.29 is 4.42 Å². The van der Waals surface area contributed by atoms with Crippen molar-refractivity contribution in [3.63, 3.8) is 0 Å². The second-order valence-electron chi connectivity index (χ2n) is 12.4. The Bertz CT molecular complexity index is 2580. The molecule has 0 N–H and O–H groups in total. The molecule has 3 heterocycles. The van der Waals surface area contributed by atoms with E-state index >= 15 is 0 Å². The highest BCUT2D eigenvalue weighted by atomic mass is 16.4. The number of hydrogen-bond acceptors (Lipinski definition) is 5. The summed E-state index contributed by atoms with van der Waals surface area (Å²) in [4.78, 5) is 28.2. The SMILES string of the molecule is O=c1oc2c(c3c1ccc1c4ccccc4n(-c4cccc(-c5nc(-c6ccccc6)nc(-c6ccccc6)n5)c4)c13)C1CC1C=C2. The van der Waals surface area contributed by atoms with Gasteiger partial charge >= 0.3 is 5.63 Å². The van der Waals surface area contributed by atoms with Crippen LogP contribution in [0.5, 0.6) is 0 Å². The molecule has 2 aliphatic carbocycles. The summed E-state index contributed by atoms with van der Waals surface area (Å²) in [5.41, 5.74) is 6.62. The van der Waals surface area contributed by atoms with Crippen molar-refractivity contribution in [2.24, 2.45) is 5.92 Å². The number of allylic oxidation sites excluding steroid dienone is 1. The van der Waals surface area contributed by atoms with Gasteiger partial charge in [-0.15, -0.1) is 0 Å². The van der Waals surface area contributed by atoms with Crippen molar-refractivity contribution in [2.45, 2.75) is 12.3 Å². The average Bonchev–Trinajstić information content (AvgIpc) is 3.85. The summed E-state index contributed by atoms with van der Waals surface area (Å²) in [6.45, 7) is 0. The molecule has 3 aromatic heterocycles. The van der Waals surface area contributed by atoms with Crippen LogP contribution < -0.4 is 5.63 Å². The van der Waals surface area contributed by atoms with Crippen LogP contribution >= 0.6 is 0 Å². The molecule has 0 aliphatic heterocycles. The maximum Gasteiger partial charge on any atom is 0.344 e. The first-order valence-corrected chi connectivity index (χ1v) is 15.9. The zero-order chi connectivity index (χ0) is 31.1. The molecule has 8 aromatic rings. The van der Waals surface area contributed by atoms with Crippen LogP contribution in [0.1, 0.15) is 23.7 Å². The van der Waals surface area contributed by atoms with Gasteiger partial charge in [0.05, 0.1) is 16.4 Å². The van der Waals surface area contributed by atoms with Gasteiger partial charge in [-0.2, -0.15) is 0 Å².